The minimum absolute atomic E-state index is 0.0134. The summed E-state index contributed by atoms with van der Waals surface area (Å²) in [6.07, 6.45) is 2.67. The maximum Gasteiger partial charge on any atom is 0.322 e. The summed E-state index contributed by atoms with van der Waals surface area (Å²) < 4.78 is 7.25. The Kier molecular flexibility index (Phi) is 6.50. The third-order valence-electron chi connectivity index (χ3n) is 5.80. The van der Waals surface area contributed by atoms with Gasteiger partial charge in [0.25, 0.3) is 5.91 Å². The van der Waals surface area contributed by atoms with E-state index in [1.54, 1.807) is 23.3 Å². The van der Waals surface area contributed by atoms with Crippen LogP contribution in [-0.4, -0.2) is 59.1 Å². The largest absolute Gasteiger partial charge is 0.497 e. The van der Waals surface area contributed by atoms with Crippen LogP contribution < -0.4 is 10.1 Å². The van der Waals surface area contributed by atoms with Gasteiger partial charge in [-0.05, 0) is 55.1 Å². The molecule has 1 N–H and O–H groups in total. The molecule has 0 aliphatic carbocycles. The first kappa shape index (κ1) is 22.0. The summed E-state index contributed by atoms with van der Waals surface area (Å²) in [6, 6.07) is 11.0. The lowest BCUT2D eigenvalue weighted by Gasteiger charge is -2.39. The minimum Gasteiger partial charge on any atom is -0.497 e. The van der Waals surface area contributed by atoms with Gasteiger partial charge in [0.15, 0.2) is 0 Å². The molecule has 32 heavy (non-hydrogen) atoms. The van der Waals surface area contributed by atoms with Gasteiger partial charge in [0.1, 0.15) is 16.3 Å². The Balaban J connectivity index is 1.43. The highest BCUT2D eigenvalue weighted by Gasteiger charge is 2.31. The van der Waals surface area contributed by atoms with Crippen molar-refractivity contribution in [3.63, 3.8) is 0 Å². The number of rotatable bonds is 6. The lowest BCUT2D eigenvalue weighted by Crippen LogP contribution is -2.56. The molecule has 3 aromatic rings. The molecule has 1 saturated heterocycles. The average Bonchev–Trinajstić information content (AvgIpc) is 3.39. The van der Waals surface area contributed by atoms with Gasteiger partial charge in [-0.25, -0.2) is 4.79 Å². The number of aromatic nitrogens is 1. The second-order valence-corrected chi connectivity index (χ2v) is 8.79. The van der Waals surface area contributed by atoms with E-state index in [9.17, 15) is 9.59 Å². The molecule has 1 aliphatic heterocycles. The highest BCUT2D eigenvalue weighted by Crippen LogP contribution is 2.27. The molecule has 0 spiro atoms. The van der Waals surface area contributed by atoms with E-state index < -0.39 is 0 Å². The predicted molar refractivity (Wildman–Crippen MR) is 129 cm³/mol. The minimum atomic E-state index is -0.162. The van der Waals surface area contributed by atoms with E-state index in [0.717, 1.165) is 28.9 Å². The summed E-state index contributed by atoms with van der Waals surface area (Å²) in [7, 11) is 1.61. The number of carbonyl (C=O) groups excluding carboxylic acids is 2. The van der Waals surface area contributed by atoms with E-state index in [0.29, 0.717) is 31.0 Å². The number of aryl methyl sites for hydroxylation is 1. The van der Waals surface area contributed by atoms with Crippen LogP contribution in [-0.2, 0) is 6.54 Å². The van der Waals surface area contributed by atoms with Crippen molar-refractivity contribution in [2.24, 2.45) is 0 Å². The normalized spacial score (nSPS) is 16.2. The molecule has 0 bridgehead atoms. The van der Waals surface area contributed by atoms with Gasteiger partial charge in [-0.15, -0.1) is 17.9 Å². The van der Waals surface area contributed by atoms with Crippen LogP contribution in [0.25, 0.3) is 10.2 Å². The fraction of sp³-hybridized carbons (Fsp3) is 0.333. The first-order chi connectivity index (χ1) is 15.5. The molecule has 1 atom stereocenters. The summed E-state index contributed by atoms with van der Waals surface area (Å²) >= 11 is 1.65. The van der Waals surface area contributed by atoms with Crippen molar-refractivity contribution < 1.29 is 14.3 Å². The van der Waals surface area contributed by atoms with Crippen LogP contribution in [0, 0.1) is 0 Å². The van der Waals surface area contributed by atoms with Crippen molar-refractivity contribution in [3.05, 3.63) is 60.1 Å². The highest BCUT2D eigenvalue weighted by molar-refractivity contribution is 7.16. The number of allylic oxidation sites excluding steroid dienone is 1. The Hall–Kier alpha value is -3.26. The summed E-state index contributed by atoms with van der Waals surface area (Å²) in [5, 5.41) is 6.07. The lowest BCUT2D eigenvalue weighted by atomic mass is 10.2. The Labute approximate surface area is 191 Å². The number of ether oxygens (including phenoxy) is 1. The molecule has 4 rings (SSSR count). The fourth-order valence-corrected chi connectivity index (χ4v) is 4.99. The SMILES string of the molecule is C=CCCn1c(C(=O)N2CCN(C(=O)Nc3ccc(OC)cc3)C(C)C2)cc2ccsc21. The van der Waals surface area contributed by atoms with Crippen LogP contribution in [0.4, 0.5) is 10.5 Å². The van der Waals surface area contributed by atoms with E-state index in [1.807, 2.05) is 59.7 Å². The monoisotopic (exact) mass is 452 g/mol. The van der Waals surface area contributed by atoms with E-state index in [2.05, 4.69) is 16.5 Å². The molecule has 2 aromatic heterocycles. The van der Waals surface area contributed by atoms with Gasteiger partial charge < -0.3 is 24.4 Å². The number of piperazine rings is 1. The van der Waals surface area contributed by atoms with Gasteiger partial charge in [0.05, 0.1) is 7.11 Å². The molecule has 7 nitrogen and oxygen atoms in total. The number of hydrogen-bond acceptors (Lipinski definition) is 4. The molecule has 0 radical (unpaired) electrons. The second kappa shape index (κ2) is 9.48. The summed E-state index contributed by atoms with van der Waals surface area (Å²) in [5.74, 6) is 0.751. The van der Waals surface area contributed by atoms with Crippen LogP contribution in [0.3, 0.4) is 0 Å². The van der Waals surface area contributed by atoms with Gasteiger partial charge in [0, 0.05) is 43.3 Å². The maximum absolute atomic E-state index is 13.4. The first-order valence-corrected chi connectivity index (χ1v) is 11.6. The smallest absolute Gasteiger partial charge is 0.322 e. The van der Waals surface area contributed by atoms with Crippen molar-refractivity contribution in [2.75, 3.05) is 32.1 Å². The molecule has 168 valence electrons. The predicted octanol–water partition coefficient (Wildman–Crippen LogP) is 4.67. The molecule has 1 unspecified atom stereocenters. The summed E-state index contributed by atoms with van der Waals surface area (Å²) in [6.45, 7) is 7.99. The van der Waals surface area contributed by atoms with Crippen molar-refractivity contribution in [2.45, 2.75) is 25.9 Å². The van der Waals surface area contributed by atoms with Crippen LogP contribution in [0.1, 0.15) is 23.8 Å². The second-order valence-electron chi connectivity index (χ2n) is 7.89. The third kappa shape index (κ3) is 4.36. The average molecular weight is 453 g/mol. The van der Waals surface area contributed by atoms with E-state index in [4.69, 9.17) is 4.74 Å². The van der Waals surface area contributed by atoms with Crippen LogP contribution in [0.15, 0.2) is 54.4 Å². The van der Waals surface area contributed by atoms with Gasteiger partial charge >= 0.3 is 6.03 Å². The summed E-state index contributed by atoms with van der Waals surface area (Å²) in [5.41, 5.74) is 1.42. The van der Waals surface area contributed by atoms with Crippen molar-refractivity contribution in [1.82, 2.24) is 14.4 Å². The van der Waals surface area contributed by atoms with Gasteiger partial charge in [-0.1, -0.05) is 6.08 Å². The number of nitrogens with one attached hydrogen (secondary N) is 1. The number of carbonyl (C=O) groups is 2. The zero-order chi connectivity index (χ0) is 22.7. The number of fused-ring (bicyclic) bond motifs is 1. The van der Waals surface area contributed by atoms with Crippen molar-refractivity contribution in [3.8, 4) is 5.75 Å². The van der Waals surface area contributed by atoms with E-state index in [-0.39, 0.29) is 18.0 Å². The van der Waals surface area contributed by atoms with Crippen molar-refractivity contribution >= 4 is 39.2 Å². The molecular formula is C24H28N4O3S. The molecule has 0 saturated carbocycles. The number of nitrogens with zero attached hydrogens (tertiary/aromatic N) is 3. The number of benzene rings is 1. The van der Waals surface area contributed by atoms with Crippen LogP contribution >= 0.6 is 11.3 Å². The zero-order valence-electron chi connectivity index (χ0n) is 18.4. The number of methoxy groups -OCH3 is 1. The lowest BCUT2D eigenvalue weighted by molar-refractivity contribution is 0.0582. The number of amides is 3. The van der Waals surface area contributed by atoms with Gasteiger partial charge in [0.2, 0.25) is 0 Å². The van der Waals surface area contributed by atoms with Gasteiger partial charge in [-0.3, -0.25) is 4.79 Å². The fourth-order valence-electron chi connectivity index (χ4n) is 4.07. The maximum atomic E-state index is 13.4. The van der Waals surface area contributed by atoms with Gasteiger partial charge in [-0.2, -0.15) is 0 Å². The molecule has 1 aromatic carbocycles. The molecule has 1 aliphatic rings. The topological polar surface area (TPSA) is 66.8 Å². The molecule has 3 heterocycles. The highest BCUT2D eigenvalue weighted by atomic mass is 32.1. The van der Waals surface area contributed by atoms with E-state index >= 15 is 0 Å². The molecule has 3 amide bonds. The Morgan fingerprint density at radius 1 is 1.25 bits per heavy atom. The third-order valence-corrected chi connectivity index (χ3v) is 6.75. The van der Waals surface area contributed by atoms with E-state index in [1.165, 1.54) is 0 Å². The summed E-state index contributed by atoms with van der Waals surface area (Å²) in [4.78, 5) is 30.9. The van der Waals surface area contributed by atoms with Crippen LogP contribution in [0.2, 0.25) is 0 Å². The Morgan fingerprint density at radius 3 is 2.72 bits per heavy atom. The number of urea groups is 1. The standard InChI is InChI=1S/C24H28N4O3S/c1-4-5-11-28-21(15-18-10-14-32-23(18)28)22(29)26-12-13-27(17(2)16-26)24(30)25-19-6-8-20(31-3)9-7-19/h4,6-10,14-15,17H,1,5,11-13,16H2,2-3H3,(H,25,30). The quantitative estimate of drug-likeness (QED) is 0.553. The Morgan fingerprint density at radius 2 is 2.03 bits per heavy atom. The zero-order valence-corrected chi connectivity index (χ0v) is 19.2. The molecular weight excluding hydrogens is 424 g/mol. The molecule has 1 fully saturated rings. The Bertz CT molecular complexity index is 1120. The van der Waals surface area contributed by atoms with Crippen LogP contribution in [0.5, 0.6) is 5.75 Å². The number of anilines is 1. The molecule has 8 heteroatoms. The number of hydrogen-bond donors (Lipinski definition) is 1. The first-order valence-electron chi connectivity index (χ1n) is 10.7. The van der Waals surface area contributed by atoms with Crippen molar-refractivity contribution in [1.29, 1.82) is 0 Å². The number of thiophene rings is 1.